The molecule has 1 unspecified atom stereocenters. The van der Waals surface area contributed by atoms with Crippen molar-refractivity contribution in [2.45, 2.75) is 65.7 Å². The van der Waals surface area contributed by atoms with Crippen LogP contribution < -0.4 is 5.73 Å². The monoisotopic (exact) mass is 199 g/mol. The highest BCUT2D eigenvalue weighted by molar-refractivity contribution is 4.68. The molecule has 2 N–H and O–H groups in total. The molecule has 0 heterocycles. The van der Waals surface area contributed by atoms with Gasteiger partial charge in [0.2, 0.25) is 0 Å². The predicted molar refractivity (Wildman–Crippen MR) is 65.4 cm³/mol. The highest BCUT2D eigenvalue weighted by Crippen LogP contribution is 2.29. The number of rotatable bonds is 4. The first-order valence-electron chi connectivity index (χ1n) is 6.53. The van der Waals surface area contributed by atoms with Gasteiger partial charge in [-0.3, -0.25) is 0 Å². The number of hydrogen-bond donors (Lipinski definition) is 1. The Morgan fingerprint density at radius 1 is 1.14 bits per heavy atom. The van der Waals surface area contributed by atoms with Gasteiger partial charge in [0.05, 0.1) is 0 Å². The van der Waals surface area contributed by atoms with Crippen molar-refractivity contribution < 1.29 is 0 Å². The van der Waals surface area contributed by atoms with Crippen LogP contribution in [0.3, 0.4) is 0 Å². The normalized spacial score (nSPS) is 19.7. The van der Waals surface area contributed by atoms with Crippen molar-refractivity contribution in [3.8, 4) is 0 Å². The minimum absolute atomic E-state index is 0.859. The molecular weight excluding hydrogens is 170 g/mol. The van der Waals surface area contributed by atoms with E-state index in [2.05, 4.69) is 6.92 Å². The molecule has 0 saturated heterocycles. The van der Waals surface area contributed by atoms with Crippen LogP contribution in [0, 0.1) is 11.8 Å². The molecule has 0 radical (unpaired) electrons. The molecule has 1 fully saturated rings. The van der Waals surface area contributed by atoms with Gasteiger partial charge in [0, 0.05) is 0 Å². The average molecular weight is 199 g/mol. The summed E-state index contributed by atoms with van der Waals surface area (Å²) in [6.07, 6.45) is 10.0. The standard InChI is InChI=1S/C11H23N.C2H6/c1-10(7-8-12)9-11-5-3-2-4-6-11;1-2/h10-11H,2-9,12H2,1H3;1-2H3. The Morgan fingerprint density at radius 3 is 2.21 bits per heavy atom. The van der Waals surface area contributed by atoms with Crippen LogP contribution in [0.5, 0.6) is 0 Å². The van der Waals surface area contributed by atoms with Crippen LogP contribution in [0.15, 0.2) is 0 Å². The van der Waals surface area contributed by atoms with Crippen molar-refractivity contribution in [1.29, 1.82) is 0 Å². The summed E-state index contributed by atoms with van der Waals surface area (Å²) in [6.45, 7) is 7.22. The van der Waals surface area contributed by atoms with E-state index >= 15 is 0 Å². The molecular formula is C13H29N. The summed E-state index contributed by atoms with van der Waals surface area (Å²) in [5.74, 6) is 1.89. The molecule has 0 bridgehead atoms. The van der Waals surface area contributed by atoms with Crippen LogP contribution in [0.25, 0.3) is 0 Å². The van der Waals surface area contributed by atoms with Crippen molar-refractivity contribution in [3.05, 3.63) is 0 Å². The van der Waals surface area contributed by atoms with E-state index in [0.29, 0.717) is 0 Å². The second kappa shape index (κ2) is 9.51. The maximum Gasteiger partial charge on any atom is -0.00747 e. The predicted octanol–water partition coefficient (Wildman–Crippen LogP) is 3.97. The van der Waals surface area contributed by atoms with E-state index in [1.165, 1.54) is 44.9 Å². The molecule has 0 amide bonds. The van der Waals surface area contributed by atoms with Gasteiger partial charge in [-0.05, 0) is 31.2 Å². The van der Waals surface area contributed by atoms with Gasteiger partial charge in [-0.2, -0.15) is 0 Å². The van der Waals surface area contributed by atoms with Crippen molar-refractivity contribution in [1.82, 2.24) is 0 Å². The fraction of sp³-hybridized carbons (Fsp3) is 1.00. The third-order valence-electron chi connectivity index (χ3n) is 3.12. The van der Waals surface area contributed by atoms with Gasteiger partial charge in [-0.15, -0.1) is 0 Å². The summed E-state index contributed by atoms with van der Waals surface area (Å²) in [5.41, 5.74) is 5.53. The quantitative estimate of drug-likeness (QED) is 0.728. The van der Waals surface area contributed by atoms with Gasteiger partial charge in [-0.25, -0.2) is 0 Å². The zero-order valence-corrected chi connectivity index (χ0v) is 10.4. The van der Waals surface area contributed by atoms with E-state index in [1.807, 2.05) is 13.8 Å². The Kier molecular flexibility index (Phi) is 9.49. The number of nitrogens with two attached hydrogens (primary N) is 1. The molecule has 1 rings (SSSR count). The third-order valence-corrected chi connectivity index (χ3v) is 3.12. The van der Waals surface area contributed by atoms with Crippen molar-refractivity contribution in [2.24, 2.45) is 17.6 Å². The molecule has 0 aliphatic heterocycles. The average Bonchev–Trinajstić information content (AvgIpc) is 2.22. The van der Waals surface area contributed by atoms with Gasteiger partial charge in [0.15, 0.2) is 0 Å². The van der Waals surface area contributed by atoms with Crippen molar-refractivity contribution in [2.75, 3.05) is 6.54 Å². The molecule has 1 aliphatic rings. The Balaban J connectivity index is 0.000000791. The summed E-state index contributed by atoms with van der Waals surface area (Å²) in [5, 5.41) is 0. The number of hydrogen-bond acceptors (Lipinski definition) is 1. The van der Waals surface area contributed by atoms with Crippen LogP contribution in [-0.4, -0.2) is 6.54 Å². The molecule has 86 valence electrons. The summed E-state index contributed by atoms with van der Waals surface area (Å²) >= 11 is 0. The maximum absolute atomic E-state index is 5.53. The van der Waals surface area contributed by atoms with E-state index in [1.54, 1.807) is 0 Å². The SMILES string of the molecule is CC.CC(CCN)CC1CCCCC1. The van der Waals surface area contributed by atoms with Crippen LogP contribution in [-0.2, 0) is 0 Å². The van der Waals surface area contributed by atoms with Crippen LogP contribution in [0.4, 0.5) is 0 Å². The lowest BCUT2D eigenvalue weighted by Crippen LogP contribution is -2.13. The summed E-state index contributed by atoms with van der Waals surface area (Å²) in [7, 11) is 0. The minimum Gasteiger partial charge on any atom is -0.330 e. The van der Waals surface area contributed by atoms with E-state index in [4.69, 9.17) is 5.73 Å². The van der Waals surface area contributed by atoms with E-state index in [9.17, 15) is 0 Å². The van der Waals surface area contributed by atoms with Crippen LogP contribution in [0.1, 0.15) is 65.7 Å². The largest absolute Gasteiger partial charge is 0.330 e. The summed E-state index contributed by atoms with van der Waals surface area (Å²) in [4.78, 5) is 0. The molecule has 0 aromatic carbocycles. The van der Waals surface area contributed by atoms with Gasteiger partial charge >= 0.3 is 0 Å². The second-order valence-corrected chi connectivity index (χ2v) is 4.42. The minimum atomic E-state index is 0.859. The molecule has 1 aliphatic carbocycles. The van der Waals surface area contributed by atoms with Gasteiger partial charge < -0.3 is 5.73 Å². The van der Waals surface area contributed by atoms with E-state index in [0.717, 1.165) is 18.4 Å². The van der Waals surface area contributed by atoms with E-state index < -0.39 is 0 Å². The molecule has 1 nitrogen and oxygen atoms in total. The lowest BCUT2D eigenvalue weighted by atomic mass is 9.82. The highest BCUT2D eigenvalue weighted by Gasteiger charge is 2.15. The summed E-state index contributed by atoms with van der Waals surface area (Å²) < 4.78 is 0. The Hall–Kier alpha value is -0.0400. The first kappa shape index (κ1) is 14.0. The molecule has 0 aromatic heterocycles. The van der Waals surface area contributed by atoms with Gasteiger partial charge in [0.1, 0.15) is 0 Å². The molecule has 1 atom stereocenters. The zero-order valence-electron chi connectivity index (χ0n) is 10.4. The second-order valence-electron chi connectivity index (χ2n) is 4.42. The maximum atomic E-state index is 5.53. The molecule has 1 heteroatoms. The highest BCUT2D eigenvalue weighted by atomic mass is 14.5. The van der Waals surface area contributed by atoms with E-state index in [-0.39, 0.29) is 0 Å². The molecule has 0 spiro atoms. The lowest BCUT2D eigenvalue weighted by molar-refractivity contribution is 0.291. The van der Waals surface area contributed by atoms with Crippen LogP contribution >= 0.6 is 0 Å². The molecule has 14 heavy (non-hydrogen) atoms. The zero-order chi connectivity index (χ0) is 10.8. The smallest absolute Gasteiger partial charge is 0.00747 e. The fourth-order valence-electron chi connectivity index (χ4n) is 2.39. The van der Waals surface area contributed by atoms with Crippen LogP contribution in [0.2, 0.25) is 0 Å². The first-order valence-corrected chi connectivity index (χ1v) is 6.53. The topological polar surface area (TPSA) is 26.0 Å². The first-order chi connectivity index (χ1) is 6.83. The van der Waals surface area contributed by atoms with Gasteiger partial charge in [-0.1, -0.05) is 52.9 Å². The Bertz CT molecular complexity index is 106. The fourth-order valence-corrected chi connectivity index (χ4v) is 2.39. The van der Waals surface area contributed by atoms with Crippen molar-refractivity contribution >= 4 is 0 Å². The Labute approximate surface area is 90.5 Å². The summed E-state index contributed by atoms with van der Waals surface area (Å²) in [6, 6.07) is 0. The molecule has 1 saturated carbocycles. The Morgan fingerprint density at radius 2 is 1.71 bits per heavy atom. The molecule has 0 aromatic rings. The van der Waals surface area contributed by atoms with Gasteiger partial charge in [0.25, 0.3) is 0 Å². The lowest BCUT2D eigenvalue weighted by Gasteiger charge is -2.24. The van der Waals surface area contributed by atoms with Crippen molar-refractivity contribution in [3.63, 3.8) is 0 Å². The third kappa shape index (κ3) is 6.42.